The van der Waals surface area contributed by atoms with Gasteiger partial charge < -0.3 is 14.0 Å². The molecular formula is C36H32Cl2N2O3. The molecular weight excluding hydrogens is 579 g/mol. The number of aromatic nitrogens is 2. The third-order valence-corrected chi connectivity index (χ3v) is 7.57. The monoisotopic (exact) mass is 610 g/mol. The fourth-order valence-electron chi connectivity index (χ4n) is 4.71. The Hall–Kier alpha value is -4.32. The second-order valence-corrected chi connectivity index (χ2v) is 11.0. The lowest BCUT2D eigenvalue weighted by Crippen LogP contribution is -2.05. The third-order valence-electron chi connectivity index (χ3n) is 7.03. The van der Waals surface area contributed by atoms with Crippen LogP contribution in [0.1, 0.15) is 46.8 Å². The van der Waals surface area contributed by atoms with Gasteiger partial charge in [-0.3, -0.25) is 0 Å². The highest BCUT2D eigenvalue weighted by Crippen LogP contribution is 2.30. The van der Waals surface area contributed by atoms with Crippen LogP contribution in [-0.4, -0.2) is 29.2 Å². The Morgan fingerprint density at radius 3 is 2.53 bits per heavy atom. The van der Waals surface area contributed by atoms with Gasteiger partial charge in [0.1, 0.15) is 5.75 Å². The molecule has 0 aliphatic carbocycles. The number of hydrogen-bond acceptors (Lipinski definition) is 4. The number of ether oxygens (including phenoxy) is 2. The van der Waals surface area contributed by atoms with Crippen LogP contribution in [-0.2, 0) is 11.3 Å². The van der Waals surface area contributed by atoms with Crippen molar-refractivity contribution in [1.29, 1.82) is 0 Å². The first-order valence-electron chi connectivity index (χ1n) is 14.1. The van der Waals surface area contributed by atoms with Crippen LogP contribution in [0.2, 0.25) is 10.0 Å². The number of rotatable bonds is 11. The van der Waals surface area contributed by atoms with E-state index in [1.54, 1.807) is 24.5 Å². The number of imidazole rings is 1. The molecule has 43 heavy (non-hydrogen) atoms. The first-order chi connectivity index (χ1) is 20.9. The van der Waals surface area contributed by atoms with E-state index in [1.165, 1.54) is 7.11 Å². The molecule has 0 fully saturated rings. The molecule has 0 unspecified atom stereocenters. The Balaban J connectivity index is 1.33. The Bertz CT molecular complexity index is 1740. The fourth-order valence-corrected chi connectivity index (χ4v) is 5.22. The summed E-state index contributed by atoms with van der Waals surface area (Å²) in [4.78, 5) is 17.1. The summed E-state index contributed by atoms with van der Waals surface area (Å²) < 4.78 is 12.9. The summed E-state index contributed by atoms with van der Waals surface area (Å²) in [6.07, 6.45) is 9.78. The van der Waals surface area contributed by atoms with E-state index in [-0.39, 0.29) is 5.97 Å². The van der Waals surface area contributed by atoms with E-state index in [0.717, 1.165) is 64.3 Å². The molecule has 218 valence electrons. The number of carbonyl (C=O) groups is 1. The van der Waals surface area contributed by atoms with E-state index in [1.807, 2.05) is 53.2 Å². The lowest BCUT2D eigenvalue weighted by atomic mass is 10.0. The number of carbonyl (C=O) groups excluding carboxylic acids is 1. The van der Waals surface area contributed by atoms with Crippen molar-refractivity contribution in [1.82, 2.24) is 9.55 Å². The smallest absolute Gasteiger partial charge is 0.338 e. The van der Waals surface area contributed by atoms with Crippen molar-refractivity contribution in [3.8, 4) is 28.1 Å². The Morgan fingerprint density at radius 1 is 0.930 bits per heavy atom. The number of methoxy groups -OCH3 is 1. The molecule has 0 radical (unpaired) electrons. The van der Waals surface area contributed by atoms with Crippen LogP contribution >= 0.6 is 23.2 Å². The maximum absolute atomic E-state index is 12.5. The van der Waals surface area contributed by atoms with Crippen LogP contribution in [0.4, 0.5) is 0 Å². The zero-order valence-electron chi connectivity index (χ0n) is 24.1. The largest absolute Gasteiger partial charge is 0.494 e. The molecule has 5 rings (SSSR count). The van der Waals surface area contributed by atoms with Crippen LogP contribution in [0.15, 0.2) is 97.5 Å². The summed E-state index contributed by atoms with van der Waals surface area (Å²) in [5.74, 6) is 0.496. The summed E-state index contributed by atoms with van der Waals surface area (Å²) in [5.41, 5.74) is 7.07. The van der Waals surface area contributed by atoms with Crippen LogP contribution in [0.3, 0.4) is 0 Å². The highest BCUT2D eigenvalue weighted by Gasteiger charge is 2.12. The maximum atomic E-state index is 12.5. The van der Waals surface area contributed by atoms with Crippen LogP contribution in [0, 0.1) is 0 Å². The van der Waals surface area contributed by atoms with E-state index >= 15 is 0 Å². The minimum Gasteiger partial charge on any atom is -0.494 e. The predicted octanol–water partition coefficient (Wildman–Crippen LogP) is 9.71. The van der Waals surface area contributed by atoms with Gasteiger partial charge in [-0.25, -0.2) is 9.78 Å². The van der Waals surface area contributed by atoms with Crippen LogP contribution in [0.25, 0.3) is 34.5 Å². The summed E-state index contributed by atoms with van der Waals surface area (Å²) in [5, 5.41) is 1.12. The van der Waals surface area contributed by atoms with Gasteiger partial charge in [0, 0.05) is 23.3 Å². The average molecular weight is 612 g/mol. The van der Waals surface area contributed by atoms with Crippen LogP contribution < -0.4 is 4.74 Å². The van der Waals surface area contributed by atoms with Crippen molar-refractivity contribution in [3.63, 3.8) is 0 Å². The number of halogens is 2. The quantitative estimate of drug-likeness (QED) is 0.0848. The molecule has 5 nitrogen and oxygen atoms in total. The molecule has 1 heterocycles. The molecule has 5 aromatic rings. The highest BCUT2D eigenvalue weighted by atomic mass is 35.5. The molecule has 1 aromatic heterocycles. The minimum atomic E-state index is -0.384. The number of nitrogens with zero attached hydrogens (tertiary/aromatic N) is 2. The van der Waals surface area contributed by atoms with Gasteiger partial charge in [-0.1, -0.05) is 91.2 Å². The normalized spacial score (nSPS) is 11.2. The molecule has 0 bridgehead atoms. The van der Waals surface area contributed by atoms with Gasteiger partial charge in [-0.05, 0) is 76.7 Å². The van der Waals surface area contributed by atoms with Gasteiger partial charge in [0.05, 0.1) is 36.3 Å². The number of hydrogen-bond donors (Lipinski definition) is 0. The highest BCUT2D eigenvalue weighted by molar-refractivity contribution is 6.36. The second kappa shape index (κ2) is 14.2. The lowest BCUT2D eigenvalue weighted by Gasteiger charge is -2.09. The molecule has 0 N–H and O–H groups in total. The second-order valence-electron chi connectivity index (χ2n) is 10.2. The molecule has 0 spiro atoms. The van der Waals surface area contributed by atoms with Gasteiger partial charge >= 0.3 is 5.97 Å². The van der Waals surface area contributed by atoms with Crippen molar-refractivity contribution in [3.05, 3.63) is 130 Å². The third kappa shape index (κ3) is 7.75. The van der Waals surface area contributed by atoms with E-state index in [4.69, 9.17) is 32.7 Å². The van der Waals surface area contributed by atoms with Crippen molar-refractivity contribution in [2.45, 2.75) is 26.3 Å². The average Bonchev–Trinajstić information content (AvgIpc) is 3.48. The number of unbranched alkanes of at least 4 members (excludes halogenated alkanes) is 1. The Labute approximate surface area is 262 Å². The molecule has 4 aromatic carbocycles. The molecule has 0 saturated heterocycles. The maximum Gasteiger partial charge on any atom is 0.338 e. The molecule has 0 aliphatic heterocycles. The van der Waals surface area contributed by atoms with E-state index in [0.29, 0.717) is 22.2 Å². The first kappa shape index (κ1) is 30.1. The molecule has 0 saturated carbocycles. The SMILES string of the molecule is CCCCOc1cccc(-c2ccc(/C=C/c3cc(Cn4cnc(-c5ccc(Cl)cc5Cl)c4)ccc3C(=O)OC)cc2)c1. The van der Waals surface area contributed by atoms with Crippen molar-refractivity contribution in [2.75, 3.05) is 13.7 Å². The van der Waals surface area contributed by atoms with Gasteiger partial charge in [0.15, 0.2) is 0 Å². The lowest BCUT2D eigenvalue weighted by molar-refractivity contribution is 0.0600. The summed E-state index contributed by atoms with van der Waals surface area (Å²) >= 11 is 12.4. The minimum absolute atomic E-state index is 0.384. The predicted molar refractivity (Wildman–Crippen MR) is 176 cm³/mol. The first-order valence-corrected chi connectivity index (χ1v) is 14.9. The standard InChI is InChI=1S/C36H32Cl2N2O3/c1-3-4-18-43-31-7-5-6-28(20-31)27-12-8-25(9-13-27)10-14-29-19-26(11-16-32(29)36(41)42-2)22-40-23-35(39-24-40)33-17-15-30(37)21-34(33)38/h5-17,19-21,23-24H,3-4,18,22H2,1-2H3/b14-10+. The van der Waals surface area contributed by atoms with E-state index < -0.39 is 0 Å². The fraction of sp³-hybridized carbons (Fsp3) is 0.167. The van der Waals surface area contributed by atoms with Gasteiger partial charge in [0.25, 0.3) is 0 Å². The number of esters is 1. The Kier molecular flexibility index (Phi) is 9.98. The van der Waals surface area contributed by atoms with Crippen LogP contribution in [0.5, 0.6) is 5.75 Å². The summed E-state index contributed by atoms with van der Waals surface area (Å²) in [6.45, 7) is 3.44. The van der Waals surface area contributed by atoms with Crippen molar-refractivity contribution in [2.24, 2.45) is 0 Å². The zero-order valence-corrected chi connectivity index (χ0v) is 25.6. The molecule has 7 heteroatoms. The van der Waals surface area contributed by atoms with Gasteiger partial charge in [-0.2, -0.15) is 0 Å². The zero-order chi connectivity index (χ0) is 30.2. The summed E-state index contributed by atoms with van der Waals surface area (Å²) in [7, 11) is 1.39. The molecule has 0 amide bonds. The van der Waals surface area contributed by atoms with Crippen molar-refractivity contribution >= 4 is 41.3 Å². The van der Waals surface area contributed by atoms with Crippen molar-refractivity contribution < 1.29 is 14.3 Å². The topological polar surface area (TPSA) is 53.4 Å². The molecule has 0 atom stereocenters. The Morgan fingerprint density at radius 2 is 1.77 bits per heavy atom. The summed E-state index contributed by atoms with van der Waals surface area (Å²) in [6, 6.07) is 27.5. The number of benzene rings is 4. The molecule has 0 aliphatic rings. The van der Waals surface area contributed by atoms with E-state index in [9.17, 15) is 4.79 Å². The van der Waals surface area contributed by atoms with Gasteiger partial charge in [-0.15, -0.1) is 0 Å². The van der Waals surface area contributed by atoms with E-state index in [2.05, 4.69) is 48.3 Å². The van der Waals surface area contributed by atoms with Gasteiger partial charge in [0.2, 0.25) is 0 Å².